The van der Waals surface area contributed by atoms with Gasteiger partial charge < -0.3 is 15.4 Å². The van der Waals surface area contributed by atoms with Crippen LogP contribution in [0, 0.1) is 12.8 Å². The zero-order chi connectivity index (χ0) is 18.8. The van der Waals surface area contributed by atoms with Gasteiger partial charge in [-0.15, -0.1) is 0 Å². The minimum atomic E-state index is 0.0387. The van der Waals surface area contributed by atoms with E-state index in [-0.39, 0.29) is 11.8 Å². The first-order valence-electron chi connectivity index (χ1n) is 8.86. The number of aromatic nitrogens is 3. The van der Waals surface area contributed by atoms with Gasteiger partial charge in [0.2, 0.25) is 5.91 Å². The zero-order valence-corrected chi connectivity index (χ0v) is 15.2. The molecular weight excluding hydrogens is 342 g/mol. The highest BCUT2D eigenvalue weighted by atomic mass is 16.5. The Hall–Kier alpha value is -3.35. The van der Waals surface area contributed by atoms with Gasteiger partial charge in [0.15, 0.2) is 0 Å². The monoisotopic (exact) mass is 363 g/mol. The summed E-state index contributed by atoms with van der Waals surface area (Å²) in [6.45, 7) is 1.97. The molecule has 4 rings (SSSR count). The van der Waals surface area contributed by atoms with Crippen molar-refractivity contribution < 1.29 is 9.53 Å². The van der Waals surface area contributed by atoms with Crippen LogP contribution in [0.4, 0.5) is 17.2 Å². The first-order valence-corrected chi connectivity index (χ1v) is 8.86. The lowest BCUT2D eigenvalue weighted by Crippen LogP contribution is -2.14. The van der Waals surface area contributed by atoms with E-state index in [1.165, 1.54) is 0 Å². The molecule has 0 radical (unpaired) electrons. The Morgan fingerprint density at radius 1 is 1.26 bits per heavy atom. The van der Waals surface area contributed by atoms with Gasteiger partial charge in [0, 0.05) is 41.2 Å². The van der Waals surface area contributed by atoms with E-state index in [0.29, 0.717) is 5.82 Å². The number of hydrogen-bond acceptors (Lipinski definition) is 5. The molecule has 0 bridgehead atoms. The second-order valence-corrected chi connectivity index (χ2v) is 6.65. The summed E-state index contributed by atoms with van der Waals surface area (Å²) in [5.74, 6) is 1.44. The molecule has 1 aliphatic rings. The third-order valence-corrected chi connectivity index (χ3v) is 4.60. The largest absolute Gasteiger partial charge is 0.494 e. The molecule has 27 heavy (non-hydrogen) atoms. The molecule has 0 saturated heterocycles. The maximum absolute atomic E-state index is 12.0. The molecular formula is C20H21N5O2. The first-order chi connectivity index (χ1) is 13.2. The molecule has 1 fully saturated rings. The number of carbonyl (C=O) groups is 1. The Balaban J connectivity index is 1.63. The number of benzene rings is 1. The van der Waals surface area contributed by atoms with Crippen LogP contribution in [-0.4, -0.2) is 28.2 Å². The van der Waals surface area contributed by atoms with Crippen molar-refractivity contribution in [2.45, 2.75) is 19.8 Å². The minimum absolute atomic E-state index is 0.0387. The quantitative estimate of drug-likeness (QED) is 0.618. The zero-order valence-electron chi connectivity index (χ0n) is 15.2. The topological polar surface area (TPSA) is 91.9 Å². The van der Waals surface area contributed by atoms with Gasteiger partial charge in [-0.3, -0.25) is 9.89 Å². The number of aromatic amines is 1. The van der Waals surface area contributed by atoms with Crippen LogP contribution in [0.1, 0.15) is 18.4 Å². The number of rotatable bonds is 6. The molecule has 0 atom stereocenters. The summed E-state index contributed by atoms with van der Waals surface area (Å²) in [6, 6.07) is 7.74. The second kappa shape index (κ2) is 7.11. The molecule has 7 heteroatoms. The lowest BCUT2D eigenvalue weighted by Gasteiger charge is -2.16. The van der Waals surface area contributed by atoms with Gasteiger partial charge in [0.1, 0.15) is 11.6 Å². The van der Waals surface area contributed by atoms with E-state index < -0.39 is 0 Å². The number of hydrogen-bond donors (Lipinski definition) is 3. The summed E-state index contributed by atoms with van der Waals surface area (Å²) in [4.78, 5) is 16.3. The highest BCUT2D eigenvalue weighted by Crippen LogP contribution is 2.38. The average molecular weight is 363 g/mol. The summed E-state index contributed by atoms with van der Waals surface area (Å²) >= 11 is 0. The molecule has 3 N–H and O–H groups in total. The Bertz CT molecular complexity index is 965. The number of methoxy groups -OCH3 is 1. The van der Waals surface area contributed by atoms with Crippen molar-refractivity contribution in [2.75, 3.05) is 17.7 Å². The van der Waals surface area contributed by atoms with Gasteiger partial charge in [0.25, 0.3) is 0 Å². The number of para-hydroxylation sites is 1. The van der Waals surface area contributed by atoms with E-state index in [1.807, 2.05) is 37.4 Å². The average Bonchev–Trinajstić information content (AvgIpc) is 3.39. The standard InChI is InChI=1S/C20H21N5O2/c1-12-9-21-18(25-20(26)13-6-7-13)8-17(12)24-16-5-3-4-15(19(16)27-2)14-10-22-23-11-14/h3-5,8-11,13H,6-7H2,1-2H3,(H,22,23)(H2,21,24,25,26). The Morgan fingerprint density at radius 2 is 2.11 bits per heavy atom. The number of ether oxygens (including phenoxy) is 1. The molecule has 0 spiro atoms. The molecule has 1 aliphatic carbocycles. The van der Waals surface area contributed by atoms with Crippen molar-refractivity contribution in [1.29, 1.82) is 0 Å². The van der Waals surface area contributed by atoms with Crippen LogP contribution in [0.15, 0.2) is 42.9 Å². The number of nitrogens with zero attached hydrogens (tertiary/aromatic N) is 2. The van der Waals surface area contributed by atoms with Gasteiger partial charge in [-0.25, -0.2) is 4.98 Å². The third kappa shape index (κ3) is 3.62. The molecule has 2 aromatic heterocycles. The first kappa shape index (κ1) is 17.1. The maximum atomic E-state index is 12.0. The molecule has 7 nitrogen and oxygen atoms in total. The van der Waals surface area contributed by atoms with Gasteiger partial charge in [-0.1, -0.05) is 12.1 Å². The molecule has 1 saturated carbocycles. The van der Waals surface area contributed by atoms with E-state index in [2.05, 4.69) is 25.8 Å². The van der Waals surface area contributed by atoms with Crippen LogP contribution in [0.25, 0.3) is 11.1 Å². The van der Waals surface area contributed by atoms with Gasteiger partial charge in [-0.2, -0.15) is 5.10 Å². The van der Waals surface area contributed by atoms with Crippen molar-refractivity contribution in [3.63, 3.8) is 0 Å². The number of amides is 1. The summed E-state index contributed by atoms with van der Waals surface area (Å²) in [6.07, 6.45) is 7.24. The van der Waals surface area contributed by atoms with Crippen LogP contribution in [0.2, 0.25) is 0 Å². The van der Waals surface area contributed by atoms with E-state index in [4.69, 9.17) is 4.74 Å². The molecule has 138 valence electrons. The van der Waals surface area contributed by atoms with Crippen molar-refractivity contribution >= 4 is 23.1 Å². The van der Waals surface area contributed by atoms with Crippen LogP contribution < -0.4 is 15.4 Å². The molecule has 1 aromatic carbocycles. The number of nitrogens with one attached hydrogen (secondary N) is 3. The predicted octanol–water partition coefficient (Wildman–Crippen LogP) is 3.88. The lowest BCUT2D eigenvalue weighted by molar-refractivity contribution is -0.117. The van der Waals surface area contributed by atoms with Gasteiger partial charge in [0.05, 0.1) is 19.0 Å². The Morgan fingerprint density at radius 3 is 2.81 bits per heavy atom. The SMILES string of the molecule is COc1c(Nc2cc(NC(=O)C3CC3)ncc2C)cccc1-c1cn[nH]c1. The Labute approximate surface area is 157 Å². The van der Waals surface area contributed by atoms with E-state index in [0.717, 1.165) is 46.7 Å². The highest BCUT2D eigenvalue weighted by molar-refractivity contribution is 5.93. The molecule has 0 aliphatic heterocycles. The predicted molar refractivity (Wildman–Crippen MR) is 104 cm³/mol. The van der Waals surface area contributed by atoms with Crippen molar-refractivity contribution in [2.24, 2.45) is 5.92 Å². The molecule has 2 heterocycles. The molecule has 1 amide bonds. The number of pyridine rings is 1. The molecule has 0 unspecified atom stereocenters. The smallest absolute Gasteiger partial charge is 0.228 e. The fraction of sp³-hybridized carbons (Fsp3) is 0.250. The van der Waals surface area contributed by atoms with E-state index >= 15 is 0 Å². The van der Waals surface area contributed by atoms with Crippen LogP contribution in [-0.2, 0) is 4.79 Å². The highest BCUT2D eigenvalue weighted by Gasteiger charge is 2.29. The van der Waals surface area contributed by atoms with Crippen LogP contribution in [0.5, 0.6) is 5.75 Å². The van der Waals surface area contributed by atoms with E-state index in [1.54, 1.807) is 19.5 Å². The normalized spacial score (nSPS) is 13.3. The van der Waals surface area contributed by atoms with Crippen LogP contribution in [0.3, 0.4) is 0 Å². The maximum Gasteiger partial charge on any atom is 0.228 e. The van der Waals surface area contributed by atoms with Gasteiger partial charge >= 0.3 is 0 Å². The number of H-pyrrole nitrogens is 1. The number of carbonyl (C=O) groups excluding carboxylic acids is 1. The number of aryl methyl sites for hydroxylation is 1. The lowest BCUT2D eigenvalue weighted by atomic mass is 10.1. The minimum Gasteiger partial charge on any atom is -0.494 e. The molecule has 3 aromatic rings. The number of anilines is 3. The second-order valence-electron chi connectivity index (χ2n) is 6.65. The summed E-state index contributed by atoms with van der Waals surface area (Å²) in [7, 11) is 1.64. The summed E-state index contributed by atoms with van der Waals surface area (Å²) in [5, 5.41) is 13.1. The van der Waals surface area contributed by atoms with Gasteiger partial charge in [-0.05, 0) is 31.4 Å². The Kier molecular flexibility index (Phi) is 4.50. The third-order valence-electron chi connectivity index (χ3n) is 4.60. The van der Waals surface area contributed by atoms with E-state index in [9.17, 15) is 4.79 Å². The van der Waals surface area contributed by atoms with Crippen molar-refractivity contribution in [3.05, 3.63) is 48.4 Å². The fourth-order valence-electron chi connectivity index (χ4n) is 2.93. The summed E-state index contributed by atoms with van der Waals surface area (Å²) < 4.78 is 5.66. The fourth-order valence-corrected chi connectivity index (χ4v) is 2.93. The van der Waals surface area contributed by atoms with Crippen LogP contribution >= 0.6 is 0 Å². The summed E-state index contributed by atoms with van der Waals surface area (Å²) in [5.41, 5.74) is 4.53. The van der Waals surface area contributed by atoms with Crippen molar-refractivity contribution in [3.8, 4) is 16.9 Å². The van der Waals surface area contributed by atoms with Crippen molar-refractivity contribution in [1.82, 2.24) is 15.2 Å².